The van der Waals surface area contributed by atoms with Gasteiger partial charge in [-0.2, -0.15) is 0 Å². The predicted octanol–water partition coefficient (Wildman–Crippen LogP) is 2.98. The monoisotopic (exact) mass is 316 g/mol. The molecule has 0 unspecified atom stereocenters. The van der Waals surface area contributed by atoms with Gasteiger partial charge in [-0.15, -0.1) is 0 Å². The zero-order valence-corrected chi connectivity index (χ0v) is 13.7. The first-order chi connectivity index (χ1) is 11.1. The minimum atomic E-state index is -0.0763. The number of amides is 1. The summed E-state index contributed by atoms with van der Waals surface area (Å²) >= 11 is 0. The summed E-state index contributed by atoms with van der Waals surface area (Å²) in [7, 11) is 1.59. The lowest BCUT2D eigenvalue weighted by atomic mass is 9.86. The Hall–Kier alpha value is -2.01. The minimum Gasteiger partial charge on any atom is -0.496 e. The molecule has 1 fully saturated rings. The van der Waals surface area contributed by atoms with Crippen molar-refractivity contribution in [3.63, 3.8) is 0 Å². The molecule has 124 valence electrons. The first-order valence-corrected chi connectivity index (χ1v) is 8.23. The number of methoxy groups -OCH3 is 1. The van der Waals surface area contributed by atoms with Crippen molar-refractivity contribution in [1.29, 1.82) is 0 Å². The van der Waals surface area contributed by atoms with Crippen molar-refractivity contribution in [3.05, 3.63) is 29.5 Å². The number of fused-ring (bicyclic) bond motifs is 1. The van der Waals surface area contributed by atoms with Gasteiger partial charge in [0.25, 0.3) is 5.91 Å². The number of benzene rings is 1. The molecule has 2 atom stereocenters. The molecule has 0 saturated heterocycles. The molecule has 0 spiro atoms. The van der Waals surface area contributed by atoms with E-state index in [-0.39, 0.29) is 18.6 Å². The van der Waals surface area contributed by atoms with Gasteiger partial charge in [0.2, 0.25) is 0 Å². The number of carbonyl (C=O) groups excluding carboxylic acids is 1. The number of H-pyrrole nitrogens is 1. The molecule has 1 amide bonds. The van der Waals surface area contributed by atoms with E-state index in [1.807, 2.05) is 12.1 Å². The van der Waals surface area contributed by atoms with E-state index in [0.29, 0.717) is 17.4 Å². The average molecular weight is 316 g/mol. The Kier molecular flexibility index (Phi) is 4.57. The van der Waals surface area contributed by atoms with Gasteiger partial charge in [-0.05, 0) is 42.5 Å². The molecule has 2 aromatic rings. The van der Waals surface area contributed by atoms with Crippen LogP contribution in [0.25, 0.3) is 10.9 Å². The lowest BCUT2D eigenvalue weighted by Crippen LogP contribution is -2.41. The van der Waals surface area contributed by atoms with E-state index in [4.69, 9.17) is 4.74 Å². The maximum absolute atomic E-state index is 12.5. The highest BCUT2D eigenvalue weighted by Crippen LogP contribution is 2.29. The number of carbonyl (C=O) groups is 1. The largest absolute Gasteiger partial charge is 0.496 e. The van der Waals surface area contributed by atoms with Gasteiger partial charge < -0.3 is 20.1 Å². The van der Waals surface area contributed by atoms with Crippen molar-refractivity contribution < 1.29 is 14.6 Å². The summed E-state index contributed by atoms with van der Waals surface area (Å²) in [5.41, 5.74) is 2.09. The van der Waals surface area contributed by atoms with Gasteiger partial charge in [0.15, 0.2) is 0 Å². The van der Waals surface area contributed by atoms with Gasteiger partial charge in [-0.1, -0.05) is 19.8 Å². The predicted molar refractivity (Wildman–Crippen MR) is 89.7 cm³/mol. The molecule has 1 aromatic heterocycles. The number of ether oxygens (including phenoxy) is 1. The Morgan fingerprint density at radius 3 is 2.83 bits per heavy atom. The molecule has 5 nitrogen and oxygen atoms in total. The lowest BCUT2D eigenvalue weighted by Gasteiger charge is -2.29. The van der Waals surface area contributed by atoms with Gasteiger partial charge in [0.05, 0.1) is 19.2 Å². The van der Waals surface area contributed by atoms with Gasteiger partial charge in [-0.3, -0.25) is 4.79 Å². The Morgan fingerprint density at radius 1 is 1.35 bits per heavy atom. The number of rotatable bonds is 4. The van der Waals surface area contributed by atoms with Crippen LogP contribution in [0, 0.1) is 5.92 Å². The molecule has 0 bridgehead atoms. The Bertz CT molecular complexity index is 708. The fraction of sp³-hybridized carbons (Fsp3) is 0.500. The first-order valence-electron chi connectivity index (χ1n) is 8.23. The van der Waals surface area contributed by atoms with Crippen molar-refractivity contribution in [1.82, 2.24) is 10.3 Å². The van der Waals surface area contributed by atoms with Crippen molar-refractivity contribution in [2.24, 2.45) is 5.92 Å². The zero-order valence-electron chi connectivity index (χ0n) is 13.7. The smallest absolute Gasteiger partial charge is 0.267 e. The van der Waals surface area contributed by atoms with E-state index in [0.717, 1.165) is 22.9 Å². The van der Waals surface area contributed by atoms with Crippen LogP contribution < -0.4 is 10.1 Å². The number of nitrogens with one attached hydrogen (secondary N) is 2. The van der Waals surface area contributed by atoms with E-state index in [1.54, 1.807) is 13.2 Å². The van der Waals surface area contributed by atoms with Crippen molar-refractivity contribution in [3.8, 4) is 5.75 Å². The fourth-order valence-electron chi connectivity index (χ4n) is 3.42. The van der Waals surface area contributed by atoms with E-state index in [2.05, 4.69) is 17.2 Å². The molecule has 0 radical (unpaired) electrons. The summed E-state index contributed by atoms with van der Waals surface area (Å²) < 4.78 is 5.37. The van der Waals surface area contributed by atoms with Crippen LogP contribution >= 0.6 is 0 Å². The number of aliphatic hydroxyl groups is 1. The summed E-state index contributed by atoms with van der Waals surface area (Å²) in [5.74, 6) is 1.10. The normalized spacial score (nSPS) is 21.3. The quantitative estimate of drug-likeness (QED) is 0.812. The minimum absolute atomic E-state index is 0.0631. The fourth-order valence-corrected chi connectivity index (χ4v) is 3.42. The Balaban J connectivity index is 1.86. The maximum Gasteiger partial charge on any atom is 0.267 e. The molecule has 1 heterocycles. The highest BCUT2D eigenvalue weighted by atomic mass is 16.5. The van der Waals surface area contributed by atoms with E-state index >= 15 is 0 Å². The van der Waals surface area contributed by atoms with Crippen LogP contribution in [0.2, 0.25) is 0 Å². The van der Waals surface area contributed by atoms with Gasteiger partial charge in [0.1, 0.15) is 11.4 Å². The Morgan fingerprint density at radius 2 is 2.13 bits per heavy atom. The van der Waals surface area contributed by atoms with Crippen LogP contribution in [0.3, 0.4) is 0 Å². The number of aromatic nitrogens is 1. The molecule has 3 rings (SSSR count). The van der Waals surface area contributed by atoms with Gasteiger partial charge >= 0.3 is 0 Å². The van der Waals surface area contributed by atoms with Crippen LogP contribution in [0.4, 0.5) is 0 Å². The van der Waals surface area contributed by atoms with E-state index < -0.39 is 0 Å². The lowest BCUT2D eigenvalue weighted by molar-refractivity contribution is 0.0906. The molecule has 1 aliphatic carbocycles. The molecule has 1 aliphatic rings. The summed E-state index contributed by atoms with van der Waals surface area (Å²) in [6.07, 6.45) is 4.65. The first kappa shape index (κ1) is 15.9. The van der Waals surface area contributed by atoms with Gasteiger partial charge in [-0.25, -0.2) is 0 Å². The topological polar surface area (TPSA) is 74.3 Å². The van der Waals surface area contributed by atoms with Crippen molar-refractivity contribution in [2.75, 3.05) is 7.11 Å². The second kappa shape index (κ2) is 6.62. The van der Waals surface area contributed by atoms with Crippen LogP contribution in [0.15, 0.2) is 18.2 Å². The SMILES string of the molecule is COc1cc(CO)cc2[nH]c(C(=O)N[C@@H]3CCCC[C@@H]3C)cc12. The molecule has 5 heteroatoms. The summed E-state index contributed by atoms with van der Waals surface area (Å²) in [6, 6.07) is 5.70. The summed E-state index contributed by atoms with van der Waals surface area (Å²) in [6.45, 7) is 2.14. The van der Waals surface area contributed by atoms with E-state index in [1.165, 1.54) is 19.3 Å². The third-order valence-corrected chi connectivity index (χ3v) is 4.83. The molecule has 1 aromatic carbocycles. The highest BCUT2D eigenvalue weighted by Gasteiger charge is 2.24. The van der Waals surface area contributed by atoms with Crippen LogP contribution in [-0.4, -0.2) is 29.1 Å². The van der Waals surface area contributed by atoms with Crippen LogP contribution in [0.5, 0.6) is 5.75 Å². The average Bonchev–Trinajstić information content (AvgIpc) is 3.00. The summed E-state index contributed by atoms with van der Waals surface area (Å²) in [5, 5.41) is 13.3. The molecule has 23 heavy (non-hydrogen) atoms. The molecule has 3 N–H and O–H groups in total. The maximum atomic E-state index is 12.5. The standard InChI is InChI=1S/C18H24N2O3/c1-11-5-3-4-6-14(11)20-18(22)16-9-13-15(19-16)7-12(10-21)8-17(13)23-2/h7-9,11,14,19,21H,3-6,10H2,1-2H3,(H,20,22)/t11-,14+/m0/s1. The van der Waals surface area contributed by atoms with Crippen LogP contribution in [-0.2, 0) is 6.61 Å². The molecule has 1 saturated carbocycles. The zero-order chi connectivity index (χ0) is 16.4. The van der Waals surface area contributed by atoms with Crippen molar-refractivity contribution in [2.45, 2.75) is 45.3 Å². The third-order valence-electron chi connectivity index (χ3n) is 4.83. The highest BCUT2D eigenvalue weighted by molar-refractivity contribution is 6.00. The van der Waals surface area contributed by atoms with E-state index in [9.17, 15) is 9.90 Å². The molecular weight excluding hydrogens is 292 g/mol. The second-order valence-corrected chi connectivity index (χ2v) is 6.44. The third kappa shape index (κ3) is 3.20. The number of hydrogen-bond donors (Lipinski definition) is 3. The second-order valence-electron chi connectivity index (χ2n) is 6.44. The number of hydrogen-bond acceptors (Lipinski definition) is 3. The molecular formula is C18H24N2O3. The number of aromatic amines is 1. The summed E-state index contributed by atoms with van der Waals surface area (Å²) in [4.78, 5) is 15.7. The van der Waals surface area contributed by atoms with Crippen molar-refractivity contribution >= 4 is 16.8 Å². The Labute approximate surface area is 136 Å². The molecule has 0 aliphatic heterocycles. The van der Waals surface area contributed by atoms with Gasteiger partial charge in [0, 0.05) is 11.4 Å². The van der Waals surface area contributed by atoms with Crippen LogP contribution in [0.1, 0.15) is 48.7 Å². The number of aliphatic hydroxyl groups excluding tert-OH is 1.